The Hall–Kier alpha value is -3.26. The molecule has 0 amide bonds. The maximum atomic E-state index is 12.0. The number of aromatic amines is 1. The lowest BCUT2D eigenvalue weighted by atomic mass is 10.2. The molecular formula is C19H16N6OS. The molecule has 7 nitrogen and oxygen atoms in total. The Bertz CT molecular complexity index is 1150. The first-order valence-corrected chi connectivity index (χ1v) is 9.30. The number of rotatable bonds is 5. The van der Waals surface area contributed by atoms with Crippen molar-refractivity contribution < 1.29 is 0 Å². The number of H-pyrrole nitrogens is 1. The Morgan fingerprint density at radius 2 is 1.93 bits per heavy atom. The predicted octanol–water partition coefficient (Wildman–Crippen LogP) is 3.45. The zero-order valence-corrected chi connectivity index (χ0v) is 15.3. The lowest BCUT2D eigenvalue weighted by molar-refractivity contribution is 1.03. The first-order chi connectivity index (χ1) is 13.2. The van der Waals surface area contributed by atoms with E-state index in [1.807, 2.05) is 49.4 Å². The van der Waals surface area contributed by atoms with Crippen LogP contribution in [-0.2, 0) is 5.75 Å². The lowest BCUT2D eigenvalue weighted by Crippen LogP contribution is -2.13. The highest BCUT2D eigenvalue weighted by Crippen LogP contribution is 2.20. The van der Waals surface area contributed by atoms with Crippen LogP contribution < -0.4 is 10.9 Å². The van der Waals surface area contributed by atoms with Crippen molar-refractivity contribution in [2.75, 3.05) is 5.32 Å². The Morgan fingerprint density at radius 3 is 2.78 bits per heavy atom. The van der Waals surface area contributed by atoms with E-state index in [1.54, 1.807) is 6.20 Å². The first-order valence-electron chi connectivity index (χ1n) is 8.32. The molecule has 0 spiro atoms. The number of aryl methyl sites for hydroxylation is 1. The molecule has 0 aliphatic carbocycles. The third-order valence-electron chi connectivity index (χ3n) is 3.82. The van der Waals surface area contributed by atoms with E-state index in [9.17, 15) is 4.79 Å². The molecule has 0 fully saturated rings. The second kappa shape index (κ2) is 7.55. The molecule has 8 heteroatoms. The third-order valence-corrected chi connectivity index (χ3v) is 4.80. The molecule has 0 radical (unpaired) electrons. The van der Waals surface area contributed by atoms with Gasteiger partial charge in [-0.1, -0.05) is 24.3 Å². The number of hydrogen-bond acceptors (Lipinski definition) is 7. The quantitative estimate of drug-likeness (QED) is 0.515. The van der Waals surface area contributed by atoms with E-state index >= 15 is 0 Å². The van der Waals surface area contributed by atoms with E-state index in [2.05, 4.69) is 30.2 Å². The fraction of sp³-hybridized carbons (Fsp3) is 0.105. The Labute approximate surface area is 159 Å². The van der Waals surface area contributed by atoms with Crippen molar-refractivity contribution in [3.63, 3.8) is 0 Å². The van der Waals surface area contributed by atoms with Gasteiger partial charge in [-0.2, -0.15) is 0 Å². The third kappa shape index (κ3) is 4.12. The van der Waals surface area contributed by atoms with E-state index in [0.717, 1.165) is 21.6 Å². The van der Waals surface area contributed by atoms with Crippen molar-refractivity contribution in [2.24, 2.45) is 0 Å². The van der Waals surface area contributed by atoms with E-state index in [4.69, 9.17) is 0 Å². The largest absolute Gasteiger partial charge is 0.294 e. The maximum Gasteiger partial charge on any atom is 0.252 e. The van der Waals surface area contributed by atoms with E-state index < -0.39 is 0 Å². The van der Waals surface area contributed by atoms with Gasteiger partial charge in [0.05, 0.1) is 21.9 Å². The van der Waals surface area contributed by atoms with Gasteiger partial charge >= 0.3 is 0 Å². The van der Waals surface area contributed by atoms with Gasteiger partial charge in [-0.3, -0.25) is 15.1 Å². The van der Waals surface area contributed by atoms with Gasteiger partial charge in [-0.15, -0.1) is 11.8 Å². The summed E-state index contributed by atoms with van der Waals surface area (Å²) in [6.45, 7) is 1.92. The van der Waals surface area contributed by atoms with Crippen molar-refractivity contribution in [3.8, 4) is 0 Å². The first kappa shape index (κ1) is 17.2. The highest BCUT2D eigenvalue weighted by Gasteiger charge is 2.07. The Balaban J connectivity index is 1.57. The minimum Gasteiger partial charge on any atom is -0.294 e. The summed E-state index contributed by atoms with van der Waals surface area (Å²) in [6.07, 6.45) is 1.74. The SMILES string of the molecule is Cc1nc(Nc2nc(CSc3ccccn3)cc(=O)[nH]2)nc2ccccc12. The number of benzene rings is 1. The predicted molar refractivity (Wildman–Crippen MR) is 106 cm³/mol. The number of hydrogen-bond donors (Lipinski definition) is 2. The van der Waals surface area contributed by atoms with Gasteiger partial charge in [0.15, 0.2) is 0 Å². The summed E-state index contributed by atoms with van der Waals surface area (Å²) in [6, 6.07) is 15.0. The molecule has 1 aromatic carbocycles. The van der Waals surface area contributed by atoms with Gasteiger partial charge in [-0.05, 0) is 25.1 Å². The maximum absolute atomic E-state index is 12.0. The molecule has 27 heavy (non-hydrogen) atoms. The van der Waals surface area contributed by atoms with Crippen LogP contribution in [0.25, 0.3) is 10.9 Å². The molecule has 0 atom stereocenters. The monoisotopic (exact) mass is 376 g/mol. The second-order valence-electron chi connectivity index (χ2n) is 5.82. The normalized spacial score (nSPS) is 10.9. The molecular weight excluding hydrogens is 360 g/mol. The van der Waals surface area contributed by atoms with E-state index in [0.29, 0.717) is 23.3 Å². The summed E-state index contributed by atoms with van der Waals surface area (Å²) >= 11 is 1.52. The topological polar surface area (TPSA) is 96.5 Å². The molecule has 0 aliphatic rings. The summed E-state index contributed by atoms with van der Waals surface area (Å²) in [5.74, 6) is 1.24. The van der Waals surface area contributed by atoms with Gasteiger partial charge in [0, 0.05) is 23.4 Å². The van der Waals surface area contributed by atoms with Crippen LogP contribution in [-0.4, -0.2) is 24.9 Å². The van der Waals surface area contributed by atoms with Gasteiger partial charge in [-0.25, -0.2) is 19.9 Å². The molecule has 3 heterocycles. The minimum absolute atomic E-state index is 0.235. The molecule has 4 rings (SSSR count). The number of aromatic nitrogens is 5. The fourth-order valence-electron chi connectivity index (χ4n) is 2.62. The van der Waals surface area contributed by atoms with E-state index in [1.165, 1.54) is 17.8 Å². The van der Waals surface area contributed by atoms with Crippen LogP contribution in [0.3, 0.4) is 0 Å². The number of nitrogens with one attached hydrogen (secondary N) is 2. The average Bonchev–Trinajstić information content (AvgIpc) is 2.67. The van der Waals surface area contributed by atoms with Crippen molar-refractivity contribution in [2.45, 2.75) is 17.7 Å². The summed E-state index contributed by atoms with van der Waals surface area (Å²) in [7, 11) is 0. The summed E-state index contributed by atoms with van der Waals surface area (Å²) in [5, 5.41) is 4.87. The zero-order chi connectivity index (χ0) is 18.6. The van der Waals surface area contributed by atoms with Crippen LogP contribution in [0.4, 0.5) is 11.9 Å². The lowest BCUT2D eigenvalue weighted by Gasteiger charge is -2.08. The van der Waals surface area contributed by atoms with E-state index in [-0.39, 0.29) is 5.56 Å². The van der Waals surface area contributed by atoms with Crippen LogP contribution in [0, 0.1) is 6.92 Å². The molecule has 0 bridgehead atoms. The van der Waals surface area contributed by atoms with Crippen LogP contribution in [0.2, 0.25) is 0 Å². The highest BCUT2D eigenvalue weighted by molar-refractivity contribution is 7.98. The smallest absolute Gasteiger partial charge is 0.252 e. The van der Waals surface area contributed by atoms with Crippen LogP contribution in [0.1, 0.15) is 11.4 Å². The second-order valence-corrected chi connectivity index (χ2v) is 6.81. The number of para-hydroxylation sites is 1. The molecule has 0 aliphatic heterocycles. The number of thioether (sulfide) groups is 1. The summed E-state index contributed by atoms with van der Waals surface area (Å²) in [5.41, 5.74) is 2.10. The van der Waals surface area contributed by atoms with Gasteiger partial charge in [0.2, 0.25) is 11.9 Å². The Morgan fingerprint density at radius 1 is 1.07 bits per heavy atom. The van der Waals surface area contributed by atoms with Crippen LogP contribution in [0.15, 0.2) is 64.5 Å². The zero-order valence-electron chi connectivity index (χ0n) is 14.5. The molecule has 4 aromatic rings. The van der Waals surface area contributed by atoms with Crippen LogP contribution in [0.5, 0.6) is 0 Å². The molecule has 134 valence electrons. The molecule has 0 saturated heterocycles. The molecule has 2 N–H and O–H groups in total. The number of pyridine rings is 1. The minimum atomic E-state index is -0.235. The molecule has 0 unspecified atom stereocenters. The van der Waals surface area contributed by atoms with Gasteiger partial charge in [0.25, 0.3) is 5.56 Å². The Kier molecular flexibility index (Phi) is 4.80. The highest BCUT2D eigenvalue weighted by atomic mass is 32.2. The van der Waals surface area contributed by atoms with Gasteiger partial charge in [0.1, 0.15) is 0 Å². The van der Waals surface area contributed by atoms with Crippen molar-refractivity contribution in [1.29, 1.82) is 0 Å². The van der Waals surface area contributed by atoms with Crippen molar-refractivity contribution in [3.05, 3.63) is 76.5 Å². The average molecular weight is 376 g/mol. The summed E-state index contributed by atoms with van der Waals surface area (Å²) < 4.78 is 0. The molecule has 3 aromatic heterocycles. The fourth-order valence-corrected chi connectivity index (χ4v) is 3.37. The van der Waals surface area contributed by atoms with Crippen molar-refractivity contribution in [1.82, 2.24) is 24.9 Å². The molecule has 0 saturated carbocycles. The summed E-state index contributed by atoms with van der Waals surface area (Å²) in [4.78, 5) is 32.3. The number of fused-ring (bicyclic) bond motifs is 1. The van der Waals surface area contributed by atoms with Crippen LogP contribution >= 0.6 is 11.8 Å². The number of nitrogens with zero attached hydrogens (tertiary/aromatic N) is 4. The number of anilines is 2. The van der Waals surface area contributed by atoms with Crippen molar-refractivity contribution >= 4 is 34.6 Å². The standard InChI is InChI=1S/C19H16N6OS/c1-12-14-6-2-3-7-15(14)23-18(21-12)25-19-22-13(10-16(26)24-19)11-27-17-8-4-5-9-20-17/h2-10H,11H2,1H3,(H2,21,22,23,24,25,26). The van der Waals surface area contributed by atoms with Gasteiger partial charge < -0.3 is 0 Å².